The number of esters is 1. The second-order valence-corrected chi connectivity index (χ2v) is 8.25. The molecule has 0 aliphatic heterocycles. The number of rotatable bonds is 7. The lowest BCUT2D eigenvalue weighted by molar-refractivity contribution is -0.140. The number of fused-ring (bicyclic) bond motifs is 1. The predicted octanol–water partition coefficient (Wildman–Crippen LogP) is 2.50. The zero-order chi connectivity index (χ0) is 20.1. The summed E-state index contributed by atoms with van der Waals surface area (Å²) in [5.41, 5.74) is 0.355. The van der Waals surface area contributed by atoms with Crippen LogP contribution in [0.1, 0.15) is 39.0 Å². The number of carbonyl (C=O) groups is 2. The Bertz CT molecular complexity index is 921. The fourth-order valence-electron chi connectivity index (χ4n) is 3.34. The smallest absolute Gasteiger partial charge is 0.307 e. The third kappa shape index (κ3) is 4.73. The molecule has 150 valence electrons. The molecule has 1 atom stereocenters. The summed E-state index contributed by atoms with van der Waals surface area (Å²) in [6.07, 6.45) is 4.38. The van der Waals surface area contributed by atoms with Crippen LogP contribution in [-0.4, -0.2) is 39.8 Å². The van der Waals surface area contributed by atoms with E-state index in [1.54, 1.807) is 25.1 Å². The highest BCUT2D eigenvalue weighted by Gasteiger charge is 2.23. The van der Waals surface area contributed by atoms with Gasteiger partial charge in [-0.1, -0.05) is 36.7 Å². The first kappa shape index (κ1) is 20.4. The van der Waals surface area contributed by atoms with Crippen LogP contribution in [-0.2, 0) is 20.9 Å². The molecule has 1 aliphatic carbocycles. The molecule has 2 aromatic rings. The van der Waals surface area contributed by atoms with Gasteiger partial charge in [-0.25, -0.2) is 4.98 Å². The van der Waals surface area contributed by atoms with E-state index in [-0.39, 0.29) is 30.5 Å². The lowest BCUT2D eigenvalue weighted by atomic mass is 10.2. The zero-order valence-electron chi connectivity index (χ0n) is 16.1. The van der Waals surface area contributed by atoms with Crippen molar-refractivity contribution < 1.29 is 14.3 Å². The van der Waals surface area contributed by atoms with E-state index in [0.717, 1.165) is 25.7 Å². The summed E-state index contributed by atoms with van der Waals surface area (Å²) in [6, 6.07) is 7.32. The Morgan fingerprint density at radius 3 is 2.75 bits per heavy atom. The van der Waals surface area contributed by atoms with Gasteiger partial charge < -0.3 is 10.1 Å². The molecular formula is C20H25N3O4S. The van der Waals surface area contributed by atoms with Crippen molar-refractivity contribution in [3.05, 3.63) is 34.6 Å². The van der Waals surface area contributed by atoms with E-state index in [4.69, 9.17) is 0 Å². The number of carbonyl (C=O) groups excluding carboxylic acids is 2. The molecule has 1 aromatic heterocycles. The van der Waals surface area contributed by atoms with Crippen molar-refractivity contribution in [2.24, 2.45) is 0 Å². The highest BCUT2D eigenvalue weighted by Crippen LogP contribution is 2.24. The fraction of sp³-hybridized carbons (Fsp3) is 0.500. The standard InChI is InChI=1S/C20H25N3O4S/c1-13(18(25)21-14-7-3-4-8-14)28-20-22-16-10-6-5-9-15(16)19(26)23(20)12-11-17(24)27-2/h5-6,9-10,13-14H,3-4,7-8,11-12H2,1-2H3,(H,21,25)/t13-/m0/s1. The van der Waals surface area contributed by atoms with Gasteiger partial charge in [0.05, 0.1) is 29.7 Å². The molecule has 1 heterocycles. The van der Waals surface area contributed by atoms with Gasteiger partial charge in [-0.2, -0.15) is 0 Å². The summed E-state index contributed by atoms with van der Waals surface area (Å²) in [5.74, 6) is -0.457. The van der Waals surface area contributed by atoms with Crippen LogP contribution in [0.3, 0.4) is 0 Å². The number of hydrogen-bond donors (Lipinski definition) is 1. The van der Waals surface area contributed by atoms with Crippen molar-refractivity contribution in [2.75, 3.05) is 7.11 Å². The second kappa shape index (κ2) is 9.23. The number of para-hydroxylation sites is 1. The quantitative estimate of drug-likeness (QED) is 0.434. The van der Waals surface area contributed by atoms with Crippen LogP contribution in [0, 0.1) is 0 Å². The van der Waals surface area contributed by atoms with Crippen LogP contribution in [0.25, 0.3) is 10.9 Å². The Hall–Kier alpha value is -2.35. The van der Waals surface area contributed by atoms with Gasteiger partial charge in [0, 0.05) is 12.6 Å². The number of amides is 1. The topological polar surface area (TPSA) is 90.3 Å². The first-order chi connectivity index (χ1) is 13.5. The van der Waals surface area contributed by atoms with Crippen LogP contribution < -0.4 is 10.9 Å². The number of thioether (sulfide) groups is 1. The highest BCUT2D eigenvalue weighted by molar-refractivity contribution is 8.00. The Kier molecular flexibility index (Phi) is 6.72. The van der Waals surface area contributed by atoms with Crippen molar-refractivity contribution >= 4 is 34.5 Å². The number of nitrogens with zero attached hydrogens (tertiary/aromatic N) is 2. The Morgan fingerprint density at radius 2 is 2.04 bits per heavy atom. The van der Waals surface area contributed by atoms with Gasteiger partial charge in [-0.3, -0.25) is 19.0 Å². The van der Waals surface area contributed by atoms with Crippen LogP contribution in [0.4, 0.5) is 0 Å². The largest absolute Gasteiger partial charge is 0.469 e. The molecule has 1 aromatic carbocycles. The molecule has 1 aliphatic rings. The fourth-order valence-corrected chi connectivity index (χ4v) is 4.28. The molecule has 7 nitrogen and oxygen atoms in total. The maximum atomic E-state index is 12.9. The van der Waals surface area contributed by atoms with Crippen molar-refractivity contribution in [1.82, 2.24) is 14.9 Å². The minimum Gasteiger partial charge on any atom is -0.469 e. The van der Waals surface area contributed by atoms with Gasteiger partial charge in [0.1, 0.15) is 0 Å². The van der Waals surface area contributed by atoms with Gasteiger partial charge >= 0.3 is 5.97 Å². The molecular weight excluding hydrogens is 378 g/mol. The van der Waals surface area contributed by atoms with Crippen LogP contribution in [0.2, 0.25) is 0 Å². The zero-order valence-corrected chi connectivity index (χ0v) is 17.0. The molecule has 1 fully saturated rings. The van der Waals surface area contributed by atoms with Crippen LogP contribution >= 0.6 is 11.8 Å². The van der Waals surface area contributed by atoms with E-state index >= 15 is 0 Å². The van der Waals surface area contributed by atoms with Crippen molar-refractivity contribution in [2.45, 2.75) is 62.0 Å². The maximum absolute atomic E-state index is 12.9. The number of methoxy groups -OCH3 is 1. The maximum Gasteiger partial charge on any atom is 0.307 e. The van der Waals surface area contributed by atoms with Gasteiger partial charge in [-0.15, -0.1) is 0 Å². The van der Waals surface area contributed by atoms with E-state index in [2.05, 4.69) is 15.0 Å². The van der Waals surface area contributed by atoms with E-state index in [9.17, 15) is 14.4 Å². The monoisotopic (exact) mass is 403 g/mol. The van der Waals surface area contributed by atoms with Gasteiger partial charge in [0.15, 0.2) is 5.16 Å². The molecule has 3 rings (SSSR count). The Balaban J connectivity index is 1.85. The number of benzene rings is 1. The third-order valence-corrected chi connectivity index (χ3v) is 6.04. The van der Waals surface area contributed by atoms with Gasteiger partial charge in [0.25, 0.3) is 5.56 Å². The SMILES string of the molecule is COC(=O)CCn1c(S[C@@H](C)C(=O)NC2CCCC2)nc2ccccc2c1=O. The number of nitrogens with one attached hydrogen (secondary N) is 1. The summed E-state index contributed by atoms with van der Waals surface area (Å²) in [5, 5.41) is 3.59. The molecule has 0 bridgehead atoms. The predicted molar refractivity (Wildman–Crippen MR) is 108 cm³/mol. The van der Waals surface area contributed by atoms with E-state index in [0.29, 0.717) is 16.1 Å². The van der Waals surface area contributed by atoms with Crippen LogP contribution in [0.5, 0.6) is 0 Å². The number of ether oxygens (including phenoxy) is 1. The molecule has 28 heavy (non-hydrogen) atoms. The molecule has 1 amide bonds. The first-order valence-corrected chi connectivity index (χ1v) is 10.4. The summed E-state index contributed by atoms with van der Waals surface area (Å²) in [6.45, 7) is 1.96. The summed E-state index contributed by atoms with van der Waals surface area (Å²) >= 11 is 1.24. The number of aromatic nitrogens is 2. The van der Waals surface area contributed by atoms with Crippen molar-refractivity contribution in [3.8, 4) is 0 Å². The van der Waals surface area contributed by atoms with Crippen molar-refractivity contribution in [3.63, 3.8) is 0 Å². The first-order valence-electron chi connectivity index (χ1n) is 9.53. The Labute approximate surface area is 167 Å². The summed E-state index contributed by atoms with van der Waals surface area (Å²) in [4.78, 5) is 41.6. The lowest BCUT2D eigenvalue weighted by Crippen LogP contribution is -2.38. The van der Waals surface area contributed by atoms with E-state index in [1.165, 1.54) is 23.4 Å². The summed E-state index contributed by atoms with van der Waals surface area (Å²) in [7, 11) is 1.31. The molecule has 0 spiro atoms. The highest BCUT2D eigenvalue weighted by atomic mass is 32.2. The van der Waals surface area contributed by atoms with Gasteiger partial charge in [0.2, 0.25) is 5.91 Å². The minimum absolute atomic E-state index is 0.0566. The lowest BCUT2D eigenvalue weighted by Gasteiger charge is -2.18. The van der Waals surface area contributed by atoms with Gasteiger partial charge in [-0.05, 0) is 31.9 Å². The Morgan fingerprint density at radius 1 is 1.32 bits per heavy atom. The molecule has 0 radical (unpaired) electrons. The molecule has 1 N–H and O–H groups in total. The van der Waals surface area contributed by atoms with E-state index in [1.807, 2.05) is 6.07 Å². The molecule has 0 unspecified atom stereocenters. The molecule has 1 saturated carbocycles. The average molecular weight is 404 g/mol. The average Bonchev–Trinajstić information content (AvgIpc) is 3.20. The second-order valence-electron chi connectivity index (χ2n) is 6.94. The van der Waals surface area contributed by atoms with Crippen LogP contribution in [0.15, 0.2) is 34.2 Å². The van der Waals surface area contributed by atoms with E-state index < -0.39 is 11.2 Å². The third-order valence-electron chi connectivity index (χ3n) is 4.95. The summed E-state index contributed by atoms with van der Waals surface area (Å²) < 4.78 is 6.15. The minimum atomic E-state index is -0.405. The molecule has 0 saturated heterocycles. The molecule has 8 heteroatoms. The number of hydrogen-bond acceptors (Lipinski definition) is 6. The normalized spacial score (nSPS) is 15.5. The van der Waals surface area contributed by atoms with Crippen molar-refractivity contribution in [1.29, 1.82) is 0 Å².